The fourth-order valence-corrected chi connectivity index (χ4v) is 3.31. The number of alkyl halides is 3. The molecule has 7 nitrogen and oxygen atoms in total. The van der Waals surface area contributed by atoms with Gasteiger partial charge in [0.15, 0.2) is 0 Å². The van der Waals surface area contributed by atoms with E-state index >= 15 is 0 Å². The number of aryl methyl sites for hydroxylation is 1. The van der Waals surface area contributed by atoms with Crippen LogP contribution in [0, 0.1) is 6.92 Å². The largest absolute Gasteiger partial charge is 0.418 e. The highest BCUT2D eigenvalue weighted by Crippen LogP contribution is 2.38. The molecule has 31 heavy (non-hydrogen) atoms. The summed E-state index contributed by atoms with van der Waals surface area (Å²) in [6.45, 7) is 5.94. The number of halogens is 3. The molecule has 3 heterocycles. The first-order valence-electron chi connectivity index (χ1n) is 9.84. The highest BCUT2D eigenvalue weighted by molar-refractivity contribution is 5.88. The van der Waals surface area contributed by atoms with Crippen molar-refractivity contribution < 1.29 is 17.6 Å². The number of nitrogens with zero attached hydrogens (tertiary/aromatic N) is 4. The van der Waals surface area contributed by atoms with Crippen molar-refractivity contribution >= 4 is 16.9 Å². The van der Waals surface area contributed by atoms with Crippen molar-refractivity contribution in [1.82, 2.24) is 25.1 Å². The SMILES string of the molecule is CCC(C)c1cc(C(F)(F)F)c2nc(-c3nnc(NCc4ncc[nH]4)o3)cc(C)c2c1. The third kappa shape index (κ3) is 4.23. The molecule has 1 atom stereocenters. The van der Waals surface area contributed by atoms with E-state index in [2.05, 4.69) is 30.5 Å². The number of hydrogen-bond donors (Lipinski definition) is 2. The Kier molecular flexibility index (Phi) is 5.38. The van der Waals surface area contributed by atoms with Gasteiger partial charge in [-0.3, -0.25) is 0 Å². The van der Waals surface area contributed by atoms with E-state index < -0.39 is 11.7 Å². The number of anilines is 1. The number of aromatic nitrogens is 5. The number of imidazole rings is 1. The van der Waals surface area contributed by atoms with Crippen molar-refractivity contribution in [2.24, 2.45) is 0 Å². The van der Waals surface area contributed by atoms with Crippen LogP contribution in [-0.4, -0.2) is 25.1 Å². The van der Waals surface area contributed by atoms with Gasteiger partial charge in [0.25, 0.3) is 5.89 Å². The van der Waals surface area contributed by atoms with E-state index in [1.54, 1.807) is 31.5 Å². The molecular weight excluding hydrogens is 409 g/mol. The normalized spacial score (nSPS) is 13.0. The van der Waals surface area contributed by atoms with E-state index in [9.17, 15) is 13.2 Å². The molecule has 0 saturated carbocycles. The fraction of sp³-hybridized carbons (Fsp3) is 0.333. The second-order valence-corrected chi connectivity index (χ2v) is 7.40. The molecule has 0 aliphatic rings. The third-order valence-corrected chi connectivity index (χ3v) is 5.24. The second kappa shape index (κ2) is 8.01. The monoisotopic (exact) mass is 430 g/mol. The first-order valence-corrected chi connectivity index (χ1v) is 9.84. The van der Waals surface area contributed by atoms with E-state index in [-0.39, 0.29) is 29.0 Å². The number of hydrogen-bond acceptors (Lipinski definition) is 6. The average Bonchev–Trinajstić information content (AvgIpc) is 3.42. The first kappa shape index (κ1) is 20.8. The van der Waals surface area contributed by atoms with Crippen LogP contribution in [0.5, 0.6) is 0 Å². The van der Waals surface area contributed by atoms with Crippen LogP contribution in [0.25, 0.3) is 22.5 Å². The summed E-state index contributed by atoms with van der Waals surface area (Å²) < 4.78 is 47.1. The lowest BCUT2D eigenvalue weighted by atomic mass is 9.93. The molecule has 1 unspecified atom stereocenters. The zero-order valence-corrected chi connectivity index (χ0v) is 17.2. The first-order chi connectivity index (χ1) is 14.8. The molecule has 2 N–H and O–H groups in total. The van der Waals surface area contributed by atoms with Crippen LogP contribution in [-0.2, 0) is 12.7 Å². The molecule has 0 aliphatic carbocycles. The topological polar surface area (TPSA) is 92.5 Å². The summed E-state index contributed by atoms with van der Waals surface area (Å²) in [5.41, 5.74) is 0.588. The quantitative estimate of drug-likeness (QED) is 0.422. The maximum atomic E-state index is 13.9. The van der Waals surface area contributed by atoms with Gasteiger partial charge < -0.3 is 14.7 Å². The smallest absolute Gasteiger partial charge is 0.402 e. The lowest BCUT2D eigenvalue weighted by molar-refractivity contribution is -0.136. The van der Waals surface area contributed by atoms with Gasteiger partial charge >= 0.3 is 12.2 Å². The summed E-state index contributed by atoms with van der Waals surface area (Å²) in [4.78, 5) is 11.3. The van der Waals surface area contributed by atoms with E-state index in [1.807, 2.05) is 13.8 Å². The number of nitrogens with one attached hydrogen (secondary N) is 2. The molecule has 3 aromatic heterocycles. The molecule has 4 rings (SSSR count). The van der Waals surface area contributed by atoms with Gasteiger partial charge in [-0.1, -0.05) is 18.9 Å². The minimum absolute atomic E-state index is 0.00307. The summed E-state index contributed by atoms with van der Waals surface area (Å²) >= 11 is 0. The maximum absolute atomic E-state index is 13.9. The highest BCUT2D eigenvalue weighted by Gasteiger charge is 2.34. The van der Waals surface area contributed by atoms with Crippen LogP contribution in [0.4, 0.5) is 19.2 Å². The lowest BCUT2D eigenvalue weighted by Crippen LogP contribution is -2.09. The van der Waals surface area contributed by atoms with E-state index in [0.29, 0.717) is 28.9 Å². The van der Waals surface area contributed by atoms with Crippen molar-refractivity contribution in [2.75, 3.05) is 5.32 Å². The minimum atomic E-state index is -4.54. The van der Waals surface area contributed by atoms with Gasteiger partial charge in [0.1, 0.15) is 11.5 Å². The zero-order chi connectivity index (χ0) is 22.2. The van der Waals surface area contributed by atoms with Crippen LogP contribution < -0.4 is 5.32 Å². The highest BCUT2D eigenvalue weighted by atomic mass is 19.4. The average molecular weight is 430 g/mol. The predicted molar refractivity (Wildman–Crippen MR) is 109 cm³/mol. The summed E-state index contributed by atoms with van der Waals surface area (Å²) in [6, 6.07) is 4.76. The molecule has 0 amide bonds. The van der Waals surface area contributed by atoms with Crippen molar-refractivity contribution in [3.05, 3.63) is 53.1 Å². The third-order valence-electron chi connectivity index (χ3n) is 5.24. The molecule has 162 valence electrons. The van der Waals surface area contributed by atoms with Gasteiger partial charge in [-0.25, -0.2) is 9.97 Å². The minimum Gasteiger partial charge on any atom is -0.402 e. The van der Waals surface area contributed by atoms with Crippen LogP contribution in [0.3, 0.4) is 0 Å². The Morgan fingerprint density at radius 1 is 1.19 bits per heavy atom. The molecule has 10 heteroatoms. The Hall–Kier alpha value is -3.43. The molecule has 0 fully saturated rings. The molecular formula is C21H21F3N6O. The number of benzene rings is 1. The van der Waals surface area contributed by atoms with E-state index in [4.69, 9.17) is 4.42 Å². The van der Waals surface area contributed by atoms with E-state index in [1.165, 1.54) is 6.07 Å². The molecule has 1 aromatic carbocycles. The molecule has 0 aliphatic heterocycles. The molecule has 0 bridgehead atoms. The van der Waals surface area contributed by atoms with Crippen LogP contribution >= 0.6 is 0 Å². The van der Waals surface area contributed by atoms with Crippen molar-refractivity contribution in [1.29, 1.82) is 0 Å². The van der Waals surface area contributed by atoms with E-state index in [0.717, 1.165) is 6.42 Å². The van der Waals surface area contributed by atoms with Crippen LogP contribution in [0.15, 0.2) is 35.0 Å². The Balaban J connectivity index is 1.75. The van der Waals surface area contributed by atoms with Gasteiger partial charge in [0, 0.05) is 17.8 Å². The number of H-pyrrole nitrogens is 1. The number of aromatic amines is 1. The predicted octanol–water partition coefficient (Wildman–Crippen LogP) is 5.46. The zero-order valence-electron chi connectivity index (χ0n) is 17.2. The summed E-state index contributed by atoms with van der Waals surface area (Å²) in [6.07, 6.45) is -0.501. The van der Waals surface area contributed by atoms with Crippen LogP contribution in [0.1, 0.15) is 48.7 Å². The van der Waals surface area contributed by atoms with Gasteiger partial charge in [-0.15, -0.1) is 5.10 Å². The maximum Gasteiger partial charge on any atom is 0.418 e. The van der Waals surface area contributed by atoms with Gasteiger partial charge in [-0.05, 0) is 48.6 Å². The van der Waals surface area contributed by atoms with Crippen molar-refractivity contribution in [2.45, 2.75) is 45.8 Å². The molecule has 4 aromatic rings. The number of pyridine rings is 1. The standard InChI is InChI=1S/C21H21F3N6O/c1-4-11(2)13-8-14-12(3)7-16(28-18(14)15(9-13)21(22,23)24)19-29-30-20(31-19)27-10-17-25-5-6-26-17/h5-9,11H,4,10H2,1-3H3,(H,25,26)(H,27,30). The molecule has 0 spiro atoms. The Labute approximate surface area is 176 Å². The van der Waals surface area contributed by atoms with Gasteiger partial charge in [0.05, 0.1) is 17.6 Å². The lowest BCUT2D eigenvalue weighted by Gasteiger charge is -2.17. The fourth-order valence-electron chi connectivity index (χ4n) is 3.31. The molecule has 0 radical (unpaired) electrons. The summed E-state index contributed by atoms with van der Waals surface area (Å²) in [5.74, 6) is 0.709. The number of fused-ring (bicyclic) bond motifs is 1. The van der Waals surface area contributed by atoms with Gasteiger partial charge in [0.2, 0.25) is 0 Å². The van der Waals surface area contributed by atoms with Crippen molar-refractivity contribution in [3.8, 4) is 11.6 Å². The summed E-state index contributed by atoms with van der Waals surface area (Å²) in [7, 11) is 0. The second-order valence-electron chi connectivity index (χ2n) is 7.40. The molecule has 0 saturated heterocycles. The number of rotatable bonds is 6. The Morgan fingerprint density at radius 3 is 2.68 bits per heavy atom. The Bertz CT molecular complexity index is 1200. The van der Waals surface area contributed by atoms with Gasteiger partial charge in [-0.2, -0.15) is 13.2 Å². The Morgan fingerprint density at radius 2 is 2.00 bits per heavy atom. The summed E-state index contributed by atoms with van der Waals surface area (Å²) in [5, 5.41) is 11.2. The van der Waals surface area contributed by atoms with Crippen molar-refractivity contribution in [3.63, 3.8) is 0 Å². The van der Waals surface area contributed by atoms with Crippen LogP contribution in [0.2, 0.25) is 0 Å².